The largest absolute Gasteiger partial charge is 0.370 e. The topological polar surface area (TPSA) is 79.5 Å². The van der Waals surface area contributed by atoms with Gasteiger partial charge in [-0.3, -0.25) is 4.79 Å². The van der Waals surface area contributed by atoms with Crippen LogP contribution in [0.25, 0.3) is 0 Å². The molecule has 1 aromatic carbocycles. The van der Waals surface area contributed by atoms with Gasteiger partial charge in [-0.25, -0.2) is 4.99 Å². The van der Waals surface area contributed by atoms with E-state index in [1.807, 2.05) is 32.9 Å². The summed E-state index contributed by atoms with van der Waals surface area (Å²) in [6, 6.07) is 7.57. The highest BCUT2D eigenvalue weighted by molar-refractivity contribution is 14.0. The number of rotatable bonds is 7. The Morgan fingerprint density at radius 3 is 2.48 bits per heavy atom. The van der Waals surface area contributed by atoms with Gasteiger partial charge in [-0.05, 0) is 38.0 Å². The summed E-state index contributed by atoms with van der Waals surface area (Å²) in [4.78, 5) is 16.2. The van der Waals surface area contributed by atoms with Crippen LogP contribution in [-0.4, -0.2) is 24.5 Å². The van der Waals surface area contributed by atoms with Crippen LogP contribution in [0.2, 0.25) is 0 Å². The zero-order chi connectivity index (χ0) is 16.5. The smallest absolute Gasteiger partial charge is 0.251 e. The minimum Gasteiger partial charge on any atom is -0.370 e. The first-order valence-corrected chi connectivity index (χ1v) is 7.50. The molecule has 1 atom stereocenters. The van der Waals surface area contributed by atoms with Crippen molar-refractivity contribution in [1.29, 1.82) is 0 Å². The fourth-order valence-corrected chi connectivity index (χ4v) is 1.64. The van der Waals surface area contributed by atoms with Crippen molar-refractivity contribution < 1.29 is 4.79 Å². The zero-order valence-corrected chi connectivity index (χ0v) is 16.4. The molecule has 1 amide bonds. The third kappa shape index (κ3) is 8.59. The van der Waals surface area contributed by atoms with E-state index >= 15 is 0 Å². The molecule has 0 spiro atoms. The van der Waals surface area contributed by atoms with Crippen molar-refractivity contribution in [3.8, 4) is 0 Å². The lowest BCUT2D eigenvalue weighted by Gasteiger charge is -2.11. The molecule has 0 bridgehead atoms. The van der Waals surface area contributed by atoms with E-state index in [1.54, 1.807) is 12.1 Å². The Bertz CT molecular complexity index is 540. The van der Waals surface area contributed by atoms with Crippen molar-refractivity contribution in [3.05, 3.63) is 47.5 Å². The number of hydrogen-bond acceptors (Lipinski definition) is 2. The van der Waals surface area contributed by atoms with Crippen molar-refractivity contribution in [2.45, 2.75) is 39.8 Å². The average Bonchev–Trinajstić information content (AvgIpc) is 2.51. The molecule has 5 nitrogen and oxygen atoms in total. The van der Waals surface area contributed by atoms with E-state index < -0.39 is 0 Å². The highest BCUT2D eigenvalue weighted by atomic mass is 127. The summed E-state index contributed by atoms with van der Waals surface area (Å²) in [5.74, 6) is 0.341. The number of amides is 1. The Hall–Kier alpha value is -1.57. The molecule has 0 fully saturated rings. The van der Waals surface area contributed by atoms with Crippen molar-refractivity contribution in [2.24, 2.45) is 10.7 Å². The molecule has 0 heterocycles. The summed E-state index contributed by atoms with van der Waals surface area (Å²) in [6.07, 6.45) is 0.912. The van der Waals surface area contributed by atoms with Gasteiger partial charge in [0.15, 0.2) is 5.96 Å². The second-order valence-corrected chi connectivity index (χ2v) is 5.49. The number of aliphatic imine (C=N–C) groups is 1. The number of nitrogens with zero attached hydrogens (tertiary/aromatic N) is 1. The second kappa shape index (κ2) is 11.0. The first kappa shape index (κ1) is 21.4. The van der Waals surface area contributed by atoms with E-state index in [9.17, 15) is 4.79 Å². The molecule has 6 heteroatoms. The van der Waals surface area contributed by atoms with E-state index in [2.05, 4.69) is 22.2 Å². The Morgan fingerprint density at radius 2 is 1.96 bits per heavy atom. The maximum atomic E-state index is 12.0. The summed E-state index contributed by atoms with van der Waals surface area (Å²) in [5.41, 5.74) is 8.40. The zero-order valence-electron chi connectivity index (χ0n) is 14.1. The maximum absolute atomic E-state index is 12.0. The third-order valence-corrected chi connectivity index (χ3v) is 3.21. The van der Waals surface area contributed by atoms with Gasteiger partial charge in [0.1, 0.15) is 0 Å². The molecule has 0 aromatic heterocycles. The molecule has 4 N–H and O–H groups in total. The molecule has 23 heavy (non-hydrogen) atoms. The minimum absolute atomic E-state index is 0. The second-order valence-electron chi connectivity index (χ2n) is 5.49. The van der Waals surface area contributed by atoms with Gasteiger partial charge >= 0.3 is 0 Å². The van der Waals surface area contributed by atoms with E-state index in [1.165, 1.54) is 0 Å². The van der Waals surface area contributed by atoms with Crippen LogP contribution in [0.1, 0.15) is 43.1 Å². The van der Waals surface area contributed by atoms with E-state index in [-0.39, 0.29) is 35.9 Å². The quantitative estimate of drug-likeness (QED) is 0.269. The molecular formula is C17H27IN4O. The fraction of sp³-hybridized carbons (Fsp3) is 0.412. The lowest BCUT2D eigenvalue weighted by molar-refractivity contribution is 0.0939. The Labute approximate surface area is 155 Å². The van der Waals surface area contributed by atoms with Crippen LogP contribution < -0.4 is 16.4 Å². The number of halogens is 1. The third-order valence-electron chi connectivity index (χ3n) is 3.21. The SMILES string of the molecule is C=C(C)CNC(N)=NCc1ccc(C(=O)NC(C)CC)cc1.I. The van der Waals surface area contributed by atoms with E-state index in [0.717, 1.165) is 17.6 Å². The molecule has 0 aliphatic heterocycles. The Morgan fingerprint density at radius 1 is 1.35 bits per heavy atom. The highest BCUT2D eigenvalue weighted by Gasteiger charge is 2.07. The highest BCUT2D eigenvalue weighted by Crippen LogP contribution is 2.06. The molecule has 0 aliphatic carbocycles. The van der Waals surface area contributed by atoms with E-state index in [0.29, 0.717) is 24.6 Å². The number of guanidine groups is 1. The van der Waals surface area contributed by atoms with Gasteiger partial charge in [0.25, 0.3) is 5.91 Å². The van der Waals surface area contributed by atoms with Crippen molar-refractivity contribution in [1.82, 2.24) is 10.6 Å². The number of carbonyl (C=O) groups is 1. The molecule has 0 aliphatic rings. The predicted molar refractivity (Wildman–Crippen MR) is 107 cm³/mol. The van der Waals surface area contributed by atoms with Gasteiger partial charge in [-0.15, -0.1) is 24.0 Å². The monoisotopic (exact) mass is 430 g/mol. The number of nitrogens with two attached hydrogens (primary N) is 1. The molecule has 1 unspecified atom stereocenters. The molecular weight excluding hydrogens is 403 g/mol. The number of nitrogens with one attached hydrogen (secondary N) is 2. The minimum atomic E-state index is -0.0490. The lowest BCUT2D eigenvalue weighted by Crippen LogP contribution is -2.32. The van der Waals surface area contributed by atoms with Crippen LogP contribution in [0.15, 0.2) is 41.4 Å². The van der Waals surface area contributed by atoms with Gasteiger partial charge < -0.3 is 16.4 Å². The van der Waals surface area contributed by atoms with Crippen LogP contribution in [0.3, 0.4) is 0 Å². The van der Waals surface area contributed by atoms with Gasteiger partial charge in [0.2, 0.25) is 0 Å². The van der Waals surface area contributed by atoms with Crippen LogP contribution in [-0.2, 0) is 6.54 Å². The average molecular weight is 430 g/mol. The molecule has 1 rings (SSSR count). The summed E-state index contributed by atoms with van der Waals surface area (Å²) in [5, 5.41) is 5.91. The lowest BCUT2D eigenvalue weighted by atomic mass is 10.1. The Kier molecular flexibility index (Phi) is 10.3. The van der Waals surface area contributed by atoms with Crippen molar-refractivity contribution in [3.63, 3.8) is 0 Å². The normalized spacial score (nSPS) is 12.0. The first-order valence-electron chi connectivity index (χ1n) is 7.50. The number of benzene rings is 1. The standard InChI is InChI=1S/C17H26N4O.HI/c1-5-13(4)21-16(22)15-8-6-14(7-9-15)11-20-17(18)19-10-12(2)3;/h6-9,13H,2,5,10-11H2,1,3-4H3,(H,21,22)(H3,18,19,20);1H. The first-order chi connectivity index (χ1) is 10.4. The summed E-state index contributed by atoms with van der Waals surface area (Å²) in [7, 11) is 0. The van der Waals surface area contributed by atoms with Crippen LogP contribution in [0.4, 0.5) is 0 Å². The Balaban J connectivity index is 0.00000484. The number of carbonyl (C=O) groups excluding carboxylic acids is 1. The molecule has 0 saturated carbocycles. The van der Waals surface area contributed by atoms with Gasteiger partial charge in [-0.2, -0.15) is 0 Å². The summed E-state index contributed by atoms with van der Waals surface area (Å²) < 4.78 is 0. The predicted octanol–water partition coefficient (Wildman–Crippen LogP) is 2.81. The van der Waals surface area contributed by atoms with Crippen LogP contribution in [0, 0.1) is 0 Å². The summed E-state index contributed by atoms with van der Waals surface area (Å²) >= 11 is 0. The summed E-state index contributed by atoms with van der Waals surface area (Å²) in [6.45, 7) is 10.8. The van der Waals surface area contributed by atoms with Gasteiger partial charge in [0.05, 0.1) is 6.54 Å². The molecule has 1 aromatic rings. The van der Waals surface area contributed by atoms with Crippen LogP contribution in [0.5, 0.6) is 0 Å². The van der Waals surface area contributed by atoms with Crippen molar-refractivity contribution in [2.75, 3.05) is 6.54 Å². The van der Waals surface area contributed by atoms with Crippen LogP contribution >= 0.6 is 24.0 Å². The maximum Gasteiger partial charge on any atom is 0.251 e. The molecule has 0 radical (unpaired) electrons. The molecule has 0 saturated heterocycles. The number of hydrogen-bond donors (Lipinski definition) is 3. The van der Waals surface area contributed by atoms with Gasteiger partial charge in [0, 0.05) is 18.2 Å². The van der Waals surface area contributed by atoms with Crippen molar-refractivity contribution >= 4 is 35.8 Å². The fourth-order valence-electron chi connectivity index (χ4n) is 1.64. The molecule has 128 valence electrons. The van der Waals surface area contributed by atoms with Gasteiger partial charge in [-0.1, -0.05) is 31.2 Å². The van der Waals surface area contributed by atoms with E-state index in [4.69, 9.17) is 5.73 Å².